The van der Waals surface area contributed by atoms with Crippen LogP contribution in [0, 0.1) is 11.2 Å². The Morgan fingerprint density at radius 1 is 1.36 bits per heavy atom. The zero-order valence-electron chi connectivity index (χ0n) is 15.8. The summed E-state index contributed by atoms with van der Waals surface area (Å²) in [5.41, 5.74) is 5.40. The number of benzene rings is 1. The highest BCUT2D eigenvalue weighted by Gasteiger charge is 2.53. The van der Waals surface area contributed by atoms with Gasteiger partial charge in [-0.1, -0.05) is 24.6 Å². The average Bonchev–Trinajstić information content (AvgIpc) is 3.49. The molecule has 1 saturated carbocycles. The molecule has 1 aromatic heterocycles. The molecule has 2 aromatic rings. The van der Waals surface area contributed by atoms with E-state index in [9.17, 15) is 9.59 Å². The van der Waals surface area contributed by atoms with Crippen LogP contribution in [0.25, 0.3) is 0 Å². The minimum Gasteiger partial charge on any atom is -0.369 e. The van der Waals surface area contributed by atoms with Gasteiger partial charge in [0.15, 0.2) is 5.78 Å². The van der Waals surface area contributed by atoms with E-state index in [0.717, 1.165) is 12.8 Å². The SMILES string of the molecule is CCC(N[C@H](C)C1(C(N)=O)CC1)c1ccc(Cl)c(C(=O)c2cccnc2)c1F. The van der Waals surface area contributed by atoms with Crippen molar-refractivity contribution in [1.29, 1.82) is 0 Å². The standard InChI is InChI=1S/C21H23ClFN3O2/c1-3-16(26-12(2)21(8-9-21)20(24)28)14-6-7-15(22)17(18(14)23)19(27)13-5-4-10-25-11-13/h4-7,10-12,16,26H,3,8-9H2,1-2H3,(H2,24,28)/t12-,16?/m1/s1. The van der Waals surface area contributed by atoms with Gasteiger partial charge in [0.05, 0.1) is 16.0 Å². The molecule has 1 heterocycles. The summed E-state index contributed by atoms with van der Waals surface area (Å²) in [6.45, 7) is 3.79. The molecule has 2 atom stereocenters. The highest BCUT2D eigenvalue weighted by molar-refractivity contribution is 6.35. The number of aromatic nitrogens is 1. The number of halogens is 2. The lowest BCUT2D eigenvalue weighted by Crippen LogP contribution is -2.44. The molecule has 28 heavy (non-hydrogen) atoms. The molecule has 3 N–H and O–H groups in total. The summed E-state index contributed by atoms with van der Waals surface area (Å²) in [5, 5.41) is 3.38. The zero-order valence-corrected chi connectivity index (χ0v) is 16.6. The van der Waals surface area contributed by atoms with Gasteiger partial charge in [0.1, 0.15) is 5.82 Å². The van der Waals surface area contributed by atoms with Gasteiger partial charge in [0.25, 0.3) is 0 Å². The maximum absolute atomic E-state index is 15.4. The lowest BCUT2D eigenvalue weighted by atomic mass is 9.92. The van der Waals surface area contributed by atoms with E-state index in [1.54, 1.807) is 18.2 Å². The Hall–Kier alpha value is -2.31. The lowest BCUT2D eigenvalue weighted by molar-refractivity contribution is -0.124. The van der Waals surface area contributed by atoms with Crippen LogP contribution in [0.2, 0.25) is 5.02 Å². The molecule has 0 spiro atoms. The van der Waals surface area contributed by atoms with Crippen molar-refractivity contribution in [1.82, 2.24) is 10.3 Å². The highest BCUT2D eigenvalue weighted by Crippen LogP contribution is 2.49. The molecule has 0 aliphatic heterocycles. The van der Waals surface area contributed by atoms with Gasteiger partial charge in [-0.15, -0.1) is 0 Å². The van der Waals surface area contributed by atoms with Crippen LogP contribution in [0.15, 0.2) is 36.7 Å². The third kappa shape index (κ3) is 3.66. The van der Waals surface area contributed by atoms with E-state index < -0.39 is 17.0 Å². The van der Waals surface area contributed by atoms with Gasteiger partial charge < -0.3 is 11.1 Å². The van der Waals surface area contributed by atoms with Crippen molar-refractivity contribution >= 4 is 23.3 Å². The summed E-state index contributed by atoms with van der Waals surface area (Å²) < 4.78 is 15.4. The third-order valence-corrected chi connectivity index (χ3v) is 5.93. The first-order valence-electron chi connectivity index (χ1n) is 9.30. The Morgan fingerprint density at radius 2 is 2.07 bits per heavy atom. The number of nitrogens with two attached hydrogens (primary N) is 1. The Labute approximate surface area is 168 Å². The number of nitrogens with one attached hydrogen (secondary N) is 1. The van der Waals surface area contributed by atoms with E-state index in [1.165, 1.54) is 18.5 Å². The Bertz CT molecular complexity index is 900. The van der Waals surface area contributed by atoms with Gasteiger partial charge in [-0.25, -0.2) is 4.39 Å². The van der Waals surface area contributed by atoms with Crippen molar-refractivity contribution < 1.29 is 14.0 Å². The number of primary amides is 1. The van der Waals surface area contributed by atoms with Crippen LogP contribution in [-0.2, 0) is 4.79 Å². The minimum absolute atomic E-state index is 0.0498. The number of carbonyl (C=O) groups excluding carboxylic acids is 2. The fourth-order valence-corrected chi connectivity index (χ4v) is 3.84. The van der Waals surface area contributed by atoms with Crippen molar-refractivity contribution in [2.75, 3.05) is 0 Å². The second kappa shape index (κ2) is 7.97. The summed E-state index contributed by atoms with van der Waals surface area (Å²) in [6.07, 6.45) is 4.93. The molecular weight excluding hydrogens is 381 g/mol. The largest absolute Gasteiger partial charge is 0.369 e. The van der Waals surface area contributed by atoms with Crippen LogP contribution in [0.1, 0.15) is 60.6 Å². The molecule has 0 bridgehead atoms. The zero-order chi connectivity index (χ0) is 20.5. The number of amides is 1. The van der Waals surface area contributed by atoms with E-state index in [1.807, 2.05) is 13.8 Å². The summed E-state index contributed by atoms with van der Waals surface area (Å²) in [6, 6.07) is 5.69. The van der Waals surface area contributed by atoms with E-state index >= 15 is 4.39 Å². The molecule has 3 rings (SSSR count). The molecule has 1 aliphatic rings. The predicted molar refractivity (Wildman–Crippen MR) is 106 cm³/mol. The molecular formula is C21H23ClFN3O2. The molecule has 0 radical (unpaired) electrons. The van der Waals surface area contributed by atoms with Crippen molar-refractivity contribution in [2.24, 2.45) is 11.1 Å². The van der Waals surface area contributed by atoms with E-state index in [-0.39, 0.29) is 34.1 Å². The maximum atomic E-state index is 15.4. The molecule has 1 aromatic carbocycles. The number of hydrogen-bond donors (Lipinski definition) is 2. The van der Waals surface area contributed by atoms with Gasteiger partial charge >= 0.3 is 0 Å². The molecule has 148 valence electrons. The first-order chi connectivity index (χ1) is 13.3. The fourth-order valence-electron chi connectivity index (χ4n) is 3.60. The topological polar surface area (TPSA) is 85.1 Å². The number of pyridine rings is 1. The van der Waals surface area contributed by atoms with Crippen molar-refractivity contribution in [2.45, 2.75) is 45.2 Å². The number of hydrogen-bond acceptors (Lipinski definition) is 4. The fraction of sp³-hybridized carbons (Fsp3) is 0.381. The number of rotatable bonds is 8. The van der Waals surface area contributed by atoms with Crippen LogP contribution >= 0.6 is 11.6 Å². The van der Waals surface area contributed by atoms with E-state index in [2.05, 4.69) is 10.3 Å². The smallest absolute Gasteiger partial charge is 0.225 e. The summed E-state index contributed by atoms with van der Waals surface area (Å²) in [5.74, 6) is -1.51. The number of nitrogens with zero attached hydrogens (tertiary/aromatic N) is 1. The monoisotopic (exact) mass is 403 g/mol. The molecule has 5 nitrogen and oxygen atoms in total. The van der Waals surface area contributed by atoms with Gasteiger partial charge in [-0.05, 0) is 44.4 Å². The second-order valence-corrected chi connectivity index (χ2v) is 7.67. The van der Waals surface area contributed by atoms with E-state index in [0.29, 0.717) is 12.0 Å². The van der Waals surface area contributed by atoms with Crippen molar-refractivity contribution in [3.8, 4) is 0 Å². The molecule has 1 unspecified atom stereocenters. The van der Waals surface area contributed by atoms with Crippen LogP contribution in [0.5, 0.6) is 0 Å². The average molecular weight is 404 g/mol. The summed E-state index contributed by atoms with van der Waals surface area (Å²) in [7, 11) is 0. The molecule has 1 aliphatic carbocycles. The Morgan fingerprint density at radius 3 is 2.61 bits per heavy atom. The predicted octanol–water partition coefficient (Wildman–Crippen LogP) is 3.80. The van der Waals surface area contributed by atoms with Crippen LogP contribution < -0.4 is 11.1 Å². The minimum atomic E-state index is -0.656. The molecule has 1 amide bonds. The Balaban J connectivity index is 1.93. The number of ketones is 1. The Kier molecular flexibility index (Phi) is 5.82. The third-order valence-electron chi connectivity index (χ3n) is 5.61. The summed E-state index contributed by atoms with van der Waals surface area (Å²) in [4.78, 5) is 28.5. The van der Waals surface area contributed by atoms with Crippen LogP contribution in [0.4, 0.5) is 4.39 Å². The first kappa shape index (κ1) is 20.4. The maximum Gasteiger partial charge on any atom is 0.225 e. The lowest BCUT2D eigenvalue weighted by Gasteiger charge is -2.28. The summed E-state index contributed by atoms with van der Waals surface area (Å²) >= 11 is 6.16. The van der Waals surface area contributed by atoms with Gasteiger partial charge in [0.2, 0.25) is 5.91 Å². The van der Waals surface area contributed by atoms with Crippen molar-refractivity contribution in [3.63, 3.8) is 0 Å². The molecule has 0 saturated heterocycles. The second-order valence-electron chi connectivity index (χ2n) is 7.27. The normalized spacial score (nSPS) is 17.0. The molecule has 1 fully saturated rings. The van der Waals surface area contributed by atoms with E-state index in [4.69, 9.17) is 17.3 Å². The quantitative estimate of drug-likeness (QED) is 0.656. The van der Waals surface area contributed by atoms with Gasteiger partial charge in [-0.3, -0.25) is 14.6 Å². The van der Waals surface area contributed by atoms with Crippen molar-refractivity contribution in [3.05, 3.63) is 64.2 Å². The first-order valence-corrected chi connectivity index (χ1v) is 9.68. The van der Waals surface area contributed by atoms with Crippen LogP contribution in [0.3, 0.4) is 0 Å². The highest BCUT2D eigenvalue weighted by atomic mass is 35.5. The van der Waals surface area contributed by atoms with Gasteiger partial charge in [-0.2, -0.15) is 0 Å². The number of carbonyl (C=O) groups is 2. The van der Waals surface area contributed by atoms with Crippen LogP contribution in [-0.4, -0.2) is 22.7 Å². The van der Waals surface area contributed by atoms with Gasteiger partial charge in [0, 0.05) is 35.6 Å². The molecule has 7 heteroatoms.